The summed E-state index contributed by atoms with van der Waals surface area (Å²) in [4.78, 5) is 19.4. The first-order chi connectivity index (χ1) is 9.08. The van der Waals surface area contributed by atoms with E-state index in [0.29, 0.717) is 17.3 Å². The minimum Gasteiger partial charge on any atom is -0.463 e. The molecule has 0 fully saturated rings. The van der Waals surface area contributed by atoms with Gasteiger partial charge in [0, 0.05) is 15.3 Å². The van der Waals surface area contributed by atoms with Gasteiger partial charge in [-0.2, -0.15) is 4.98 Å². The average Bonchev–Trinajstić information content (AvgIpc) is 2.37. The second-order valence-electron chi connectivity index (χ2n) is 3.72. The molecule has 5 nitrogen and oxygen atoms in total. The minimum atomic E-state index is -0.587. The number of esters is 1. The smallest absolute Gasteiger partial charge is 0.376 e. The number of ether oxygens (including phenoxy) is 2. The summed E-state index contributed by atoms with van der Waals surface area (Å²) in [5.41, 5.74) is 0.635. The molecule has 2 rings (SSSR count). The van der Waals surface area contributed by atoms with Crippen molar-refractivity contribution in [2.45, 2.75) is 6.92 Å². The van der Waals surface area contributed by atoms with E-state index in [2.05, 4.69) is 37.3 Å². The molecule has 0 atom stereocenters. The van der Waals surface area contributed by atoms with E-state index >= 15 is 0 Å². The van der Waals surface area contributed by atoms with Crippen LogP contribution < -0.4 is 4.74 Å². The number of aryl methyl sites for hydroxylation is 1. The van der Waals surface area contributed by atoms with Gasteiger partial charge in [-0.25, -0.2) is 9.78 Å². The molecule has 19 heavy (non-hydrogen) atoms. The second kappa shape index (κ2) is 5.96. The van der Waals surface area contributed by atoms with E-state index in [1.165, 1.54) is 7.11 Å². The van der Waals surface area contributed by atoms with Gasteiger partial charge < -0.3 is 9.47 Å². The maximum Gasteiger partial charge on any atom is 0.376 e. The van der Waals surface area contributed by atoms with Crippen LogP contribution in [0.3, 0.4) is 0 Å². The quantitative estimate of drug-likeness (QED) is 0.614. The molecule has 6 heteroatoms. The van der Waals surface area contributed by atoms with Crippen LogP contribution in [0.2, 0.25) is 0 Å². The number of benzene rings is 1. The SMILES string of the molecule is COC(=O)c1nc(C)cc(Oc2cccc(I)c2)n1. The molecule has 2 aromatic rings. The van der Waals surface area contributed by atoms with Crippen molar-refractivity contribution < 1.29 is 14.3 Å². The highest BCUT2D eigenvalue weighted by molar-refractivity contribution is 14.1. The largest absolute Gasteiger partial charge is 0.463 e. The Morgan fingerprint density at radius 3 is 2.74 bits per heavy atom. The van der Waals surface area contributed by atoms with Crippen molar-refractivity contribution in [2.24, 2.45) is 0 Å². The molecular weight excluding hydrogens is 359 g/mol. The van der Waals surface area contributed by atoms with Gasteiger partial charge in [0.15, 0.2) is 0 Å². The topological polar surface area (TPSA) is 61.3 Å². The van der Waals surface area contributed by atoms with Crippen LogP contribution in [-0.2, 0) is 4.74 Å². The Labute approximate surface area is 124 Å². The van der Waals surface area contributed by atoms with Crippen LogP contribution in [-0.4, -0.2) is 23.0 Å². The Morgan fingerprint density at radius 2 is 2.05 bits per heavy atom. The number of carbonyl (C=O) groups excluding carboxylic acids is 1. The molecule has 0 aliphatic rings. The first kappa shape index (κ1) is 13.7. The zero-order valence-electron chi connectivity index (χ0n) is 10.4. The van der Waals surface area contributed by atoms with Crippen molar-refractivity contribution >= 4 is 28.6 Å². The number of methoxy groups -OCH3 is 1. The lowest BCUT2D eigenvalue weighted by atomic mass is 10.3. The van der Waals surface area contributed by atoms with Gasteiger partial charge in [0.2, 0.25) is 11.7 Å². The summed E-state index contributed by atoms with van der Waals surface area (Å²) in [5, 5.41) is 0. The van der Waals surface area contributed by atoms with Crippen LogP contribution in [0.1, 0.15) is 16.3 Å². The Kier molecular flexibility index (Phi) is 4.31. The molecule has 0 radical (unpaired) electrons. The lowest BCUT2D eigenvalue weighted by molar-refractivity contribution is 0.0585. The summed E-state index contributed by atoms with van der Waals surface area (Å²) >= 11 is 2.19. The fraction of sp³-hybridized carbons (Fsp3) is 0.154. The summed E-state index contributed by atoms with van der Waals surface area (Å²) in [7, 11) is 1.29. The number of aromatic nitrogens is 2. The highest BCUT2D eigenvalue weighted by Crippen LogP contribution is 2.21. The standard InChI is InChI=1S/C13H11IN2O3/c1-8-6-11(16-12(15-8)13(17)18-2)19-10-5-3-4-9(14)7-10/h3-7H,1-2H3. The Bertz CT molecular complexity index is 617. The van der Waals surface area contributed by atoms with E-state index in [4.69, 9.17) is 4.74 Å². The first-order valence-electron chi connectivity index (χ1n) is 5.46. The van der Waals surface area contributed by atoms with E-state index in [-0.39, 0.29) is 5.82 Å². The second-order valence-corrected chi connectivity index (χ2v) is 4.97. The van der Waals surface area contributed by atoms with Crippen molar-refractivity contribution in [1.29, 1.82) is 0 Å². The van der Waals surface area contributed by atoms with Crippen LogP contribution in [0.5, 0.6) is 11.6 Å². The molecule has 0 spiro atoms. The lowest BCUT2D eigenvalue weighted by Crippen LogP contribution is -2.09. The van der Waals surface area contributed by atoms with Gasteiger partial charge in [0.1, 0.15) is 5.75 Å². The average molecular weight is 370 g/mol. The Balaban J connectivity index is 2.30. The van der Waals surface area contributed by atoms with Crippen molar-refractivity contribution in [2.75, 3.05) is 7.11 Å². The third-order valence-corrected chi connectivity index (χ3v) is 2.89. The van der Waals surface area contributed by atoms with Gasteiger partial charge in [-0.15, -0.1) is 0 Å². The van der Waals surface area contributed by atoms with Crippen LogP contribution in [0, 0.1) is 10.5 Å². The van der Waals surface area contributed by atoms with Crippen LogP contribution in [0.25, 0.3) is 0 Å². The first-order valence-corrected chi connectivity index (χ1v) is 6.54. The molecule has 1 aromatic heterocycles. The monoisotopic (exact) mass is 370 g/mol. The van der Waals surface area contributed by atoms with Gasteiger partial charge in [-0.1, -0.05) is 6.07 Å². The summed E-state index contributed by atoms with van der Waals surface area (Å²) in [5.74, 6) is 0.370. The predicted octanol–water partition coefficient (Wildman–Crippen LogP) is 2.97. The van der Waals surface area contributed by atoms with Crippen molar-refractivity contribution in [3.8, 4) is 11.6 Å². The third-order valence-electron chi connectivity index (χ3n) is 2.22. The molecule has 0 aliphatic heterocycles. The summed E-state index contributed by atoms with van der Waals surface area (Å²) < 4.78 is 11.3. The number of rotatable bonds is 3. The van der Waals surface area contributed by atoms with E-state index in [1.807, 2.05) is 24.3 Å². The molecule has 0 aliphatic carbocycles. The van der Waals surface area contributed by atoms with Crippen LogP contribution >= 0.6 is 22.6 Å². The van der Waals surface area contributed by atoms with Crippen LogP contribution in [0.15, 0.2) is 30.3 Å². The van der Waals surface area contributed by atoms with Gasteiger partial charge >= 0.3 is 5.97 Å². The van der Waals surface area contributed by atoms with Gasteiger partial charge in [0.05, 0.1) is 7.11 Å². The van der Waals surface area contributed by atoms with Crippen molar-refractivity contribution in [3.63, 3.8) is 0 Å². The van der Waals surface area contributed by atoms with Crippen LogP contribution in [0.4, 0.5) is 0 Å². The predicted molar refractivity (Wildman–Crippen MR) is 77.3 cm³/mol. The lowest BCUT2D eigenvalue weighted by Gasteiger charge is -2.07. The molecule has 0 amide bonds. The van der Waals surface area contributed by atoms with Gasteiger partial charge in [-0.05, 0) is 47.7 Å². The zero-order chi connectivity index (χ0) is 13.8. The summed E-state index contributed by atoms with van der Waals surface area (Å²) in [6, 6.07) is 9.18. The van der Waals surface area contributed by atoms with E-state index < -0.39 is 5.97 Å². The molecule has 0 saturated heterocycles. The van der Waals surface area contributed by atoms with Gasteiger partial charge in [0.25, 0.3) is 0 Å². The molecule has 98 valence electrons. The molecule has 1 aromatic carbocycles. The number of hydrogen-bond donors (Lipinski definition) is 0. The van der Waals surface area contributed by atoms with E-state index in [9.17, 15) is 4.79 Å². The van der Waals surface area contributed by atoms with E-state index in [0.717, 1.165) is 3.57 Å². The summed E-state index contributed by atoms with van der Waals surface area (Å²) in [6.45, 7) is 1.76. The number of hydrogen-bond acceptors (Lipinski definition) is 5. The fourth-order valence-electron chi connectivity index (χ4n) is 1.43. The number of halogens is 1. The number of nitrogens with zero attached hydrogens (tertiary/aromatic N) is 2. The molecular formula is C13H11IN2O3. The molecule has 0 saturated carbocycles. The minimum absolute atomic E-state index is 0.0110. The van der Waals surface area contributed by atoms with E-state index in [1.54, 1.807) is 13.0 Å². The molecule has 1 heterocycles. The third kappa shape index (κ3) is 3.63. The van der Waals surface area contributed by atoms with Crippen molar-refractivity contribution in [3.05, 3.63) is 45.4 Å². The fourth-order valence-corrected chi connectivity index (χ4v) is 1.94. The maximum absolute atomic E-state index is 11.4. The highest BCUT2D eigenvalue weighted by Gasteiger charge is 2.12. The molecule has 0 bridgehead atoms. The summed E-state index contributed by atoms with van der Waals surface area (Å²) in [6.07, 6.45) is 0. The normalized spacial score (nSPS) is 10.1. The zero-order valence-corrected chi connectivity index (χ0v) is 12.5. The highest BCUT2D eigenvalue weighted by atomic mass is 127. The molecule has 0 N–H and O–H groups in total. The maximum atomic E-state index is 11.4. The number of carbonyl (C=O) groups is 1. The Morgan fingerprint density at radius 1 is 1.26 bits per heavy atom. The van der Waals surface area contributed by atoms with Crippen molar-refractivity contribution in [1.82, 2.24) is 9.97 Å². The Hall–Kier alpha value is -1.70. The van der Waals surface area contributed by atoms with Gasteiger partial charge in [-0.3, -0.25) is 0 Å². The molecule has 0 unspecified atom stereocenters.